The van der Waals surface area contributed by atoms with Crippen molar-refractivity contribution in [1.29, 1.82) is 0 Å². The first-order valence-electron chi connectivity index (χ1n) is 5.33. The fourth-order valence-corrected chi connectivity index (χ4v) is 2.13. The van der Waals surface area contributed by atoms with E-state index in [1.54, 1.807) is 0 Å². The van der Waals surface area contributed by atoms with E-state index in [4.69, 9.17) is 0 Å². The molecule has 0 aromatic heterocycles. The normalized spacial score (nSPS) is 34.8. The van der Waals surface area contributed by atoms with Crippen LogP contribution in [0.4, 0.5) is 0 Å². The van der Waals surface area contributed by atoms with Gasteiger partial charge in [0.05, 0.1) is 0 Å². The molecule has 2 atom stereocenters. The number of nitrogens with one attached hydrogen (secondary N) is 1. The van der Waals surface area contributed by atoms with Crippen LogP contribution in [0.2, 0.25) is 0 Å². The summed E-state index contributed by atoms with van der Waals surface area (Å²) in [6.45, 7) is 6.05. The largest absolute Gasteiger partial charge is 0.320 e. The first-order chi connectivity index (χ1) is 5.69. The summed E-state index contributed by atoms with van der Waals surface area (Å²) in [6, 6.07) is 0. The molecule has 0 amide bonds. The highest BCUT2D eigenvalue weighted by atomic mass is 14.8. The van der Waals surface area contributed by atoms with Crippen LogP contribution in [0.5, 0.6) is 0 Å². The molecule has 0 aromatic carbocycles. The number of rotatable bonds is 5. The molecule has 1 aliphatic rings. The average Bonchev–Trinajstić information content (AvgIpc) is 2.09. The molecule has 0 bridgehead atoms. The van der Waals surface area contributed by atoms with Gasteiger partial charge in [-0.15, -0.1) is 0 Å². The van der Waals surface area contributed by atoms with Gasteiger partial charge in [-0.2, -0.15) is 0 Å². The van der Waals surface area contributed by atoms with E-state index in [1.807, 2.05) is 7.05 Å². The minimum Gasteiger partial charge on any atom is -0.320 e. The summed E-state index contributed by atoms with van der Waals surface area (Å²) < 4.78 is 0. The van der Waals surface area contributed by atoms with Crippen LogP contribution < -0.4 is 5.32 Å². The van der Waals surface area contributed by atoms with Crippen LogP contribution in [0.25, 0.3) is 0 Å². The molecule has 1 saturated carbocycles. The molecule has 0 aromatic rings. The average molecular weight is 169 g/mol. The Morgan fingerprint density at radius 2 is 2.17 bits per heavy atom. The molecule has 0 spiro atoms. The highest BCUT2D eigenvalue weighted by molar-refractivity contribution is 4.89. The number of hydrogen-bond donors (Lipinski definition) is 1. The molecule has 0 heterocycles. The zero-order valence-corrected chi connectivity index (χ0v) is 8.82. The number of hydrogen-bond acceptors (Lipinski definition) is 1. The lowest BCUT2D eigenvalue weighted by Crippen LogP contribution is -2.35. The second-order valence-electron chi connectivity index (χ2n) is 4.65. The third-order valence-electron chi connectivity index (χ3n) is 3.76. The van der Waals surface area contributed by atoms with Crippen LogP contribution in [0.1, 0.15) is 46.0 Å². The lowest BCUT2D eigenvalue weighted by atomic mass is 9.60. The fraction of sp³-hybridized carbons (Fsp3) is 1.00. The maximum absolute atomic E-state index is 3.20. The van der Waals surface area contributed by atoms with Crippen molar-refractivity contribution in [2.45, 2.75) is 46.0 Å². The summed E-state index contributed by atoms with van der Waals surface area (Å²) in [5.41, 5.74) is 0.702. The Hall–Kier alpha value is -0.0400. The second kappa shape index (κ2) is 4.27. The summed E-state index contributed by atoms with van der Waals surface area (Å²) in [5.74, 6) is 0.979. The van der Waals surface area contributed by atoms with Crippen LogP contribution in [-0.4, -0.2) is 13.6 Å². The molecule has 0 radical (unpaired) electrons. The molecular formula is C11H23N. The standard InChI is InChI=1S/C11H23N/c1-10-6-8-11(10,2)7-4-5-9-12-3/h10,12H,4-9H2,1-3H3. The van der Waals surface area contributed by atoms with E-state index in [2.05, 4.69) is 19.2 Å². The van der Waals surface area contributed by atoms with Crippen molar-refractivity contribution < 1.29 is 0 Å². The van der Waals surface area contributed by atoms with E-state index < -0.39 is 0 Å². The third-order valence-corrected chi connectivity index (χ3v) is 3.76. The van der Waals surface area contributed by atoms with Crippen LogP contribution in [0.3, 0.4) is 0 Å². The van der Waals surface area contributed by atoms with Gasteiger partial charge < -0.3 is 5.32 Å². The fourth-order valence-electron chi connectivity index (χ4n) is 2.13. The molecule has 12 heavy (non-hydrogen) atoms. The van der Waals surface area contributed by atoms with E-state index in [0.717, 1.165) is 5.92 Å². The first kappa shape index (κ1) is 10.0. The van der Waals surface area contributed by atoms with Gasteiger partial charge in [0, 0.05) is 0 Å². The van der Waals surface area contributed by atoms with Crippen molar-refractivity contribution in [3.63, 3.8) is 0 Å². The molecule has 1 rings (SSSR count). The molecule has 72 valence electrons. The van der Waals surface area contributed by atoms with Gasteiger partial charge in [-0.1, -0.05) is 20.3 Å². The summed E-state index contributed by atoms with van der Waals surface area (Å²) in [7, 11) is 2.04. The maximum Gasteiger partial charge on any atom is -0.00519 e. The Bertz CT molecular complexity index is 133. The summed E-state index contributed by atoms with van der Waals surface area (Å²) in [6.07, 6.45) is 7.12. The molecule has 0 saturated heterocycles. The molecule has 2 unspecified atom stereocenters. The van der Waals surface area contributed by atoms with E-state index in [1.165, 1.54) is 38.6 Å². The highest BCUT2D eigenvalue weighted by Gasteiger charge is 2.38. The van der Waals surface area contributed by atoms with Crippen molar-refractivity contribution >= 4 is 0 Å². The lowest BCUT2D eigenvalue weighted by molar-refractivity contribution is 0.0525. The minimum absolute atomic E-state index is 0.702. The van der Waals surface area contributed by atoms with E-state index in [9.17, 15) is 0 Å². The molecular weight excluding hydrogens is 146 g/mol. The quantitative estimate of drug-likeness (QED) is 0.624. The van der Waals surface area contributed by atoms with E-state index in [-0.39, 0.29) is 0 Å². The van der Waals surface area contributed by atoms with Gasteiger partial charge in [0.25, 0.3) is 0 Å². The number of unbranched alkanes of at least 4 members (excludes halogenated alkanes) is 1. The Balaban J connectivity index is 2.06. The highest BCUT2D eigenvalue weighted by Crippen LogP contribution is 2.49. The van der Waals surface area contributed by atoms with Gasteiger partial charge in [-0.05, 0) is 50.6 Å². The van der Waals surface area contributed by atoms with Crippen LogP contribution >= 0.6 is 0 Å². The smallest absolute Gasteiger partial charge is 0.00519 e. The SMILES string of the molecule is CNCCCCC1(C)CCC1C. The summed E-state index contributed by atoms with van der Waals surface area (Å²) in [4.78, 5) is 0. The molecule has 1 aliphatic carbocycles. The predicted octanol–water partition coefficient (Wildman–Crippen LogP) is 2.81. The third kappa shape index (κ3) is 2.22. The van der Waals surface area contributed by atoms with Crippen molar-refractivity contribution in [2.24, 2.45) is 11.3 Å². The zero-order chi connectivity index (χ0) is 9.03. The molecule has 0 aliphatic heterocycles. The van der Waals surface area contributed by atoms with Gasteiger partial charge in [0.15, 0.2) is 0 Å². The molecule has 1 N–H and O–H groups in total. The van der Waals surface area contributed by atoms with Gasteiger partial charge in [-0.25, -0.2) is 0 Å². The van der Waals surface area contributed by atoms with Crippen molar-refractivity contribution in [2.75, 3.05) is 13.6 Å². The molecule has 1 fully saturated rings. The molecule has 1 heteroatoms. The Labute approximate surface area is 76.9 Å². The van der Waals surface area contributed by atoms with E-state index >= 15 is 0 Å². The first-order valence-corrected chi connectivity index (χ1v) is 5.33. The zero-order valence-electron chi connectivity index (χ0n) is 8.82. The van der Waals surface area contributed by atoms with Crippen LogP contribution in [0, 0.1) is 11.3 Å². The van der Waals surface area contributed by atoms with Crippen LogP contribution in [0.15, 0.2) is 0 Å². The van der Waals surface area contributed by atoms with Crippen LogP contribution in [-0.2, 0) is 0 Å². The Morgan fingerprint density at radius 1 is 1.42 bits per heavy atom. The maximum atomic E-state index is 3.20. The van der Waals surface area contributed by atoms with E-state index in [0.29, 0.717) is 5.41 Å². The lowest BCUT2D eigenvalue weighted by Gasteiger charge is -2.46. The topological polar surface area (TPSA) is 12.0 Å². The van der Waals surface area contributed by atoms with Crippen molar-refractivity contribution in [3.8, 4) is 0 Å². The summed E-state index contributed by atoms with van der Waals surface area (Å²) >= 11 is 0. The van der Waals surface area contributed by atoms with Gasteiger partial charge in [-0.3, -0.25) is 0 Å². The van der Waals surface area contributed by atoms with Gasteiger partial charge in [0.2, 0.25) is 0 Å². The van der Waals surface area contributed by atoms with Gasteiger partial charge >= 0.3 is 0 Å². The Morgan fingerprint density at radius 3 is 2.58 bits per heavy atom. The van der Waals surface area contributed by atoms with Crippen molar-refractivity contribution in [1.82, 2.24) is 5.32 Å². The Kier molecular flexibility index (Phi) is 3.57. The predicted molar refractivity (Wildman–Crippen MR) is 54.3 cm³/mol. The molecule has 1 nitrogen and oxygen atoms in total. The van der Waals surface area contributed by atoms with Gasteiger partial charge in [0.1, 0.15) is 0 Å². The minimum atomic E-state index is 0.702. The monoisotopic (exact) mass is 169 g/mol. The van der Waals surface area contributed by atoms with Crippen molar-refractivity contribution in [3.05, 3.63) is 0 Å². The summed E-state index contributed by atoms with van der Waals surface area (Å²) in [5, 5.41) is 3.20. The second-order valence-corrected chi connectivity index (χ2v) is 4.65.